The SMILES string of the molecule is Clc1ccc(COC[C@H]2CCCNC2)c(Cl)c1. The Bertz CT molecular complexity index is 364. The van der Waals surface area contributed by atoms with E-state index < -0.39 is 0 Å². The summed E-state index contributed by atoms with van der Waals surface area (Å²) in [6, 6.07) is 5.52. The van der Waals surface area contributed by atoms with E-state index in [4.69, 9.17) is 27.9 Å². The molecule has 4 heteroatoms. The van der Waals surface area contributed by atoms with E-state index >= 15 is 0 Å². The van der Waals surface area contributed by atoms with Crippen LogP contribution < -0.4 is 5.32 Å². The summed E-state index contributed by atoms with van der Waals surface area (Å²) in [7, 11) is 0. The molecule has 1 heterocycles. The highest BCUT2D eigenvalue weighted by atomic mass is 35.5. The predicted molar refractivity (Wildman–Crippen MR) is 71.7 cm³/mol. The molecule has 1 N–H and O–H groups in total. The van der Waals surface area contributed by atoms with Crippen LogP contribution in [0.15, 0.2) is 18.2 Å². The van der Waals surface area contributed by atoms with Gasteiger partial charge in [-0.25, -0.2) is 0 Å². The van der Waals surface area contributed by atoms with Gasteiger partial charge in [-0.3, -0.25) is 0 Å². The molecule has 1 aromatic carbocycles. The number of benzene rings is 1. The highest BCUT2D eigenvalue weighted by Crippen LogP contribution is 2.22. The fourth-order valence-corrected chi connectivity index (χ4v) is 2.50. The molecule has 0 aromatic heterocycles. The molecule has 2 rings (SSSR count). The molecule has 0 amide bonds. The first kappa shape index (κ1) is 13.2. The molecule has 0 spiro atoms. The minimum absolute atomic E-state index is 0.562. The first-order valence-corrected chi connectivity index (χ1v) is 6.73. The van der Waals surface area contributed by atoms with Gasteiger partial charge in [-0.2, -0.15) is 0 Å². The summed E-state index contributed by atoms with van der Waals surface area (Å²) in [5.41, 5.74) is 1.000. The lowest BCUT2D eigenvalue weighted by atomic mass is 10.0. The van der Waals surface area contributed by atoms with Gasteiger partial charge >= 0.3 is 0 Å². The normalized spacial score (nSPS) is 20.5. The topological polar surface area (TPSA) is 21.3 Å². The van der Waals surface area contributed by atoms with E-state index in [2.05, 4.69) is 5.32 Å². The Morgan fingerprint density at radius 3 is 2.94 bits per heavy atom. The van der Waals surface area contributed by atoms with Crippen LogP contribution in [0.2, 0.25) is 10.0 Å². The first-order chi connectivity index (χ1) is 8.25. The highest BCUT2D eigenvalue weighted by Gasteiger charge is 2.13. The zero-order valence-corrected chi connectivity index (χ0v) is 11.2. The van der Waals surface area contributed by atoms with Gasteiger partial charge < -0.3 is 10.1 Å². The number of nitrogens with one attached hydrogen (secondary N) is 1. The van der Waals surface area contributed by atoms with Gasteiger partial charge in [0.15, 0.2) is 0 Å². The summed E-state index contributed by atoms with van der Waals surface area (Å²) >= 11 is 11.9. The standard InChI is InChI=1S/C13H17Cl2NO/c14-12-4-3-11(13(15)6-12)9-17-8-10-2-1-5-16-7-10/h3-4,6,10,16H,1-2,5,7-9H2/t10-/m0/s1. The van der Waals surface area contributed by atoms with E-state index in [0.717, 1.165) is 25.3 Å². The zero-order valence-electron chi connectivity index (χ0n) is 9.72. The van der Waals surface area contributed by atoms with E-state index in [9.17, 15) is 0 Å². The minimum atomic E-state index is 0.562. The van der Waals surface area contributed by atoms with E-state index in [0.29, 0.717) is 22.6 Å². The van der Waals surface area contributed by atoms with Gasteiger partial charge in [-0.05, 0) is 43.0 Å². The van der Waals surface area contributed by atoms with Crippen molar-refractivity contribution in [1.29, 1.82) is 0 Å². The van der Waals surface area contributed by atoms with Crippen molar-refractivity contribution in [1.82, 2.24) is 5.32 Å². The second-order valence-corrected chi connectivity index (χ2v) is 5.31. The maximum absolute atomic E-state index is 6.07. The van der Waals surface area contributed by atoms with E-state index in [1.54, 1.807) is 6.07 Å². The number of piperidine rings is 1. The van der Waals surface area contributed by atoms with Gasteiger partial charge in [-0.1, -0.05) is 29.3 Å². The summed E-state index contributed by atoms with van der Waals surface area (Å²) in [5.74, 6) is 0.634. The second kappa shape index (κ2) is 6.60. The van der Waals surface area contributed by atoms with Crippen molar-refractivity contribution in [2.75, 3.05) is 19.7 Å². The summed E-state index contributed by atoms with van der Waals surface area (Å²) in [6.45, 7) is 3.56. The summed E-state index contributed by atoms with van der Waals surface area (Å²) in [4.78, 5) is 0. The van der Waals surface area contributed by atoms with Gasteiger partial charge in [0, 0.05) is 16.6 Å². The van der Waals surface area contributed by atoms with Gasteiger partial charge in [-0.15, -0.1) is 0 Å². The third-order valence-corrected chi connectivity index (χ3v) is 3.61. The average Bonchev–Trinajstić information content (AvgIpc) is 2.33. The molecule has 94 valence electrons. The van der Waals surface area contributed by atoms with Gasteiger partial charge in [0.1, 0.15) is 0 Å². The summed E-state index contributed by atoms with van der Waals surface area (Å²) in [5, 5.41) is 4.72. The van der Waals surface area contributed by atoms with Crippen LogP contribution >= 0.6 is 23.2 Å². The minimum Gasteiger partial charge on any atom is -0.376 e. The highest BCUT2D eigenvalue weighted by molar-refractivity contribution is 6.35. The predicted octanol–water partition coefficient (Wildman–Crippen LogP) is 3.51. The Morgan fingerprint density at radius 2 is 2.24 bits per heavy atom. The Hall–Kier alpha value is -0.280. The smallest absolute Gasteiger partial charge is 0.0731 e. The molecular formula is C13H17Cl2NO. The number of hydrogen-bond donors (Lipinski definition) is 1. The van der Waals surface area contributed by atoms with Gasteiger partial charge in [0.2, 0.25) is 0 Å². The van der Waals surface area contributed by atoms with Crippen LogP contribution in [-0.4, -0.2) is 19.7 Å². The van der Waals surface area contributed by atoms with Crippen molar-refractivity contribution in [3.63, 3.8) is 0 Å². The summed E-state index contributed by atoms with van der Waals surface area (Å²) < 4.78 is 5.71. The lowest BCUT2D eigenvalue weighted by molar-refractivity contribution is 0.0783. The van der Waals surface area contributed by atoms with Crippen LogP contribution in [0.1, 0.15) is 18.4 Å². The Balaban J connectivity index is 1.77. The molecule has 17 heavy (non-hydrogen) atoms. The Kier molecular flexibility index (Phi) is 5.11. The van der Waals surface area contributed by atoms with E-state index in [-0.39, 0.29) is 0 Å². The molecule has 1 atom stereocenters. The molecule has 0 radical (unpaired) electrons. The lowest BCUT2D eigenvalue weighted by Gasteiger charge is -2.22. The van der Waals surface area contributed by atoms with E-state index in [1.165, 1.54) is 12.8 Å². The average molecular weight is 274 g/mol. The largest absolute Gasteiger partial charge is 0.376 e. The van der Waals surface area contributed by atoms with Crippen molar-refractivity contribution in [3.05, 3.63) is 33.8 Å². The Morgan fingerprint density at radius 1 is 1.35 bits per heavy atom. The van der Waals surface area contributed by atoms with E-state index in [1.807, 2.05) is 12.1 Å². The van der Waals surface area contributed by atoms with Crippen molar-refractivity contribution < 1.29 is 4.74 Å². The van der Waals surface area contributed by atoms with Crippen molar-refractivity contribution in [3.8, 4) is 0 Å². The molecule has 0 unspecified atom stereocenters. The fraction of sp³-hybridized carbons (Fsp3) is 0.538. The number of ether oxygens (including phenoxy) is 1. The van der Waals surface area contributed by atoms with Gasteiger partial charge in [0.05, 0.1) is 13.2 Å². The first-order valence-electron chi connectivity index (χ1n) is 5.98. The second-order valence-electron chi connectivity index (χ2n) is 4.46. The van der Waals surface area contributed by atoms with Crippen LogP contribution in [-0.2, 0) is 11.3 Å². The van der Waals surface area contributed by atoms with Crippen molar-refractivity contribution in [2.45, 2.75) is 19.4 Å². The molecule has 2 nitrogen and oxygen atoms in total. The molecule has 0 saturated carbocycles. The quantitative estimate of drug-likeness (QED) is 0.907. The molecule has 1 fully saturated rings. The molecule has 1 aliphatic heterocycles. The molecule has 1 aromatic rings. The molecule has 1 aliphatic rings. The maximum Gasteiger partial charge on any atom is 0.0731 e. The number of hydrogen-bond acceptors (Lipinski definition) is 2. The summed E-state index contributed by atoms with van der Waals surface area (Å²) in [6.07, 6.45) is 2.50. The monoisotopic (exact) mass is 273 g/mol. The lowest BCUT2D eigenvalue weighted by Crippen LogP contribution is -2.32. The fourth-order valence-electron chi connectivity index (χ4n) is 2.04. The van der Waals surface area contributed by atoms with Crippen LogP contribution in [0.3, 0.4) is 0 Å². The van der Waals surface area contributed by atoms with Crippen molar-refractivity contribution in [2.24, 2.45) is 5.92 Å². The number of halogens is 2. The van der Waals surface area contributed by atoms with Crippen LogP contribution in [0, 0.1) is 5.92 Å². The number of rotatable bonds is 4. The molecule has 0 aliphatic carbocycles. The molecule has 1 saturated heterocycles. The Labute approximate surface area is 112 Å². The maximum atomic E-state index is 6.07. The third-order valence-electron chi connectivity index (χ3n) is 3.03. The van der Waals surface area contributed by atoms with Crippen LogP contribution in [0.5, 0.6) is 0 Å². The van der Waals surface area contributed by atoms with Crippen LogP contribution in [0.25, 0.3) is 0 Å². The molecule has 0 bridgehead atoms. The van der Waals surface area contributed by atoms with Gasteiger partial charge in [0.25, 0.3) is 0 Å². The molecular weight excluding hydrogens is 257 g/mol. The van der Waals surface area contributed by atoms with Crippen LogP contribution in [0.4, 0.5) is 0 Å². The van der Waals surface area contributed by atoms with Crippen molar-refractivity contribution >= 4 is 23.2 Å². The third kappa shape index (κ3) is 4.14. The zero-order chi connectivity index (χ0) is 12.1.